The number of hydrogen-bond acceptors (Lipinski definition) is 3. The Morgan fingerprint density at radius 2 is 1.94 bits per heavy atom. The molecule has 18 heavy (non-hydrogen) atoms. The Labute approximate surface area is 101 Å². The summed E-state index contributed by atoms with van der Waals surface area (Å²) >= 11 is 0. The molecule has 1 aromatic rings. The minimum atomic E-state index is -4.42. The van der Waals surface area contributed by atoms with Crippen molar-refractivity contribution in [1.29, 1.82) is 0 Å². The zero-order valence-corrected chi connectivity index (χ0v) is 9.47. The highest BCUT2D eigenvalue weighted by Crippen LogP contribution is 2.19. The lowest BCUT2D eigenvalue weighted by atomic mass is 10.1. The third-order valence-corrected chi connectivity index (χ3v) is 1.99. The van der Waals surface area contributed by atoms with Crippen molar-refractivity contribution in [2.24, 2.45) is 5.73 Å². The number of halogens is 4. The van der Waals surface area contributed by atoms with E-state index in [1.165, 1.54) is 12.1 Å². The van der Waals surface area contributed by atoms with Crippen LogP contribution in [0.2, 0.25) is 0 Å². The number of benzene rings is 1. The number of alkyl halides is 3. The average Bonchev–Trinajstić information content (AvgIpc) is 2.26. The first-order valence-electron chi connectivity index (χ1n) is 5.18. The summed E-state index contributed by atoms with van der Waals surface area (Å²) < 4.78 is 57.5. The molecule has 0 unspecified atom stereocenters. The molecule has 0 radical (unpaired) electrons. The maximum atomic E-state index is 13.4. The average molecular weight is 267 g/mol. The van der Waals surface area contributed by atoms with Crippen molar-refractivity contribution >= 4 is 0 Å². The van der Waals surface area contributed by atoms with E-state index in [0.717, 1.165) is 0 Å². The topological polar surface area (TPSA) is 44.5 Å². The first-order valence-corrected chi connectivity index (χ1v) is 5.18. The molecular formula is C11H13F4NO2. The lowest BCUT2D eigenvalue weighted by Gasteiger charge is -2.10. The van der Waals surface area contributed by atoms with Gasteiger partial charge in [-0.3, -0.25) is 0 Å². The van der Waals surface area contributed by atoms with Crippen LogP contribution in [0.4, 0.5) is 17.6 Å². The molecular weight excluding hydrogens is 254 g/mol. The van der Waals surface area contributed by atoms with Crippen molar-refractivity contribution in [2.75, 3.05) is 19.9 Å². The van der Waals surface area contributed by atoms with E-state index in [0.29, 0.717) is 18.5 Å². The SMILES string of the molecule is NCCc1ccc(OCOCC(F)(F)F)c(F)c1. The highest BCUT2D eigenvalue weighted by atomic mass is 19.4. The molecule has 0 aromatic heterocycles. The standard InChI is InChI=1S/C11H13F4NO2/c12-9-5-8(3-4-16)1-2-10(9)18-7-17-6-11(13,14)15/h1-2,5H,3-4,6-7,16H2. The van der Waals surface area contributed by atoms with Crippen LogP contribution in [0.15, 0.2) is 18.2 Å². The minimum Gasteiger partial charge on any atom is -0.464 e. The van der Waals surface area contributed by atoms with Crippen LogP contribution in [0.3, 0.4) is 0 Å². The fraction of sp³-hybridized carbons (Fsp3) is 0.455. The second-order valence-electron chi connectivity index (χ2n) is 3.53. The molecule has 0 aliphatic rings. The fourth-order valence-corrected chi connectivity index (χ4v) is 1.25. The van der Waals surface area contributed by atoms with Crippen LogP contribution in [-0.2, 0) is 11.2 Å². The quantitative estimate of drug-likeness (QED) is 0.488. The summed E-state index contributed by atoms with van der Waals surface area (Å²) in [4.78, 5) is 0. The summed E-state index contributed by atoms with van der Waals surface area (Å²) in [6.45, 7) is -1.71. The summed E-state index contributed by atoms with van der Waals surface area (Å²) in [5.74, 6) is -0.811. The molecule has 0 heterocycles. The molecule has 2 N–H and O–H groups in total. The van der Waals surface area contributed by atoms with Gasteiger partial charge in [0.2, 0.25) is 0 Å². The van der Waals surface area contributed by atoms with Gasteiger partial charge in [0, 0.05) is 0 Å². The minimum absolute atomic E-state index is 0.155. The predicted octanol–water partition coefficient (Wildman–Crippen LogP) is 2.24. The van der Waals surface area contributed by atoms with Crippen molar-refractivity contribution in [3.8, 4) is 5.75 Å². The Kier molecular flexibility index (Phi) is 5.36. The van der Waals surface area contributed by atoms with Gasteiger partial charge in [-0.15, -0.1) is 0 Å². The lowest BCUT2D eigenvalue weighted by molar-refractivity contribution is -0.187. The lowest BCUT2D eigenvalue weighted by Crippen LogP contribution is -2.19. The zero-order valence-electron chi connectivity index (χ0n) is 9.47. The normalized spacial score (nSPS) is 11.6. The van der Waals surface area contributed by atoms with E-state index >= 15 is 0 Å². The molecule has 0 amide bonds. The maximum Gasteiger partial charge on any atom is 0.411 e. The molecule has 0 saturated heterocycles. The Morgan fingerprint density at radius 1 is 1.22 bits per heavy atom. The van der Waals surface area contributed by atoms with Gasteiger partial charge in [-0.2, -0.15) is 13.2 Å². The third kappa shape index (κ3) is 5.33. The van der Waals surface area contributed by atoms with Crippen molar-refractivity contribution in [2.45, 2.75) is 12.6 Å². The molecule has 102 valence electrons. The molecule has 0 atom stereocenters. The van der Waals surface area contributed by atoms with Crippen molar-refractivity contribution in [1.82, 2.24) is 0 Å². The second kappa shape index (κ2) is 6.55. The van der Waals surface area contributed by atoms with Gasteiger partial charge in [-0.25, -0.2) is 4.39 Å². The molecule has 1 aromatic carbocycles. The van der Waals surface area contributed by atoms with Gasteiger partial charge in [-0.1, -0.05) is 6.07 Å². The Hall–Kier alpha value is -1.34. The largest absolute Gasteiger partial charge is 0.464 e. The summed E-state index contributed by atoms with van der Waals surface area (Å²) in [5.41, 5.74) is 6.00. The molecule has 0 spiro atoms. The van der Waals surface area contributed by atoms with Crippen LogP contribution in [0, 0.1) is 5.82 Å². The van der Waals surface area contributed by atoms with Gasteiger partial charge < -0.3 is 15.2 Å². The van der Waals surface area contributed by atoms with Gasteiger partial charge in [0.25, 0.3) is 0 Å². The Morgan fingerprint density at radius 3 is 2.50 bits per heavy atom. The van der Waals surface area contributed by atoms with E-state index in [-0.39, 0.29) is 5.75 Å². The number of nitrogens with two attached hydrogens (primary N) is 1. The van der Waals surface area contributed by atoms with E-state index in [1.807, 2.05) is 0 Å². The first-order chi connectivity index (χ1) is 8.42. The molecule has 0 aliphatic carbocycles. The van der Waals surface area contributed by atoms with Crippen LogP contribution < -0.4 is 10.5 Å². The van der Waals surface area contributed by atoms with E-state index in [4.69, 9.17) is 10.5 Å². The highest BCUT2D eigenvalue weighted by molar-refractivity contribution is 5.29. The smallest absolute Gasteiger partial charge is 0.411 e. The van der Waals surface area contributed by atoms with Gasteiger partial charge in [-0.05, 0) is 30.7 Å². The number of hydrogen-bond donors (Lipinski definition) is 1. The number of rotatable bonds is 6. The van der Waals surface area contributed by atoms with Crippen LogP contribution in [0.5, 0.6) is 5.75 Å². The molecule has 0 fully saturated rings. The summed E-state index contributed by atoms with van der Waals surface area (Å²) in [7, 11) is 0. The Balaban J connectivity index is 2.43. The predicted molar refractivity (Wildman–Crippen MR) is 56.7 cm³/mol. The molecule has 3 nitrogen and oxygen atoms in total. The Bertz CT molecular complexity index is 382. The fourth-order valence-electron chi connectivity index (χ4n) is 1.25. The van der Waals surface area contributed by atoms with Crippen LogP contribution in [-0.4, -0.2) is 26.1 Å². The molecule has 7 heteroatoms. The van der Waals surface area contributed by atoms with Crippen LogP contribution in [0.1, 0.15) is 5.56 Å². The molecule has 1 rings (SSSR count). The van der Waals surface area contributed by atoms with Gasteiger partial charge in [0.05, 0.1) is 0 Å². The van der Waals surface area contributed by atoms with Gasteiger partial charge in [0.1, 0.15) is 6.61 Å². The first kappa shape index (κ1) is 14.7. The van der Waals surface area contributed by atoms with E-state index < -0.39 is 25.4 Å². The van der Waals surface area contributed by atoms with Crippen molar-refractivity contribution < 1.29 is 27.0 Å². The highest BCUT2D eigenvalue weighted by Gasteiger charge is 2.27. The van der Waals surface area contributed by atoms with Crippen LogP contribution in [0.25, 0.3) is 0 Å². The molecule has 0 bridgehead atoms. The third-order valence-electron chi connectivity index (χ3n) is 1.99. The second-order valence-corrected chi connectivity index (χ2v) is 3.53. The number of ether oxygens (including phenoxy) is 2. The van der Waals surface area contributed by atoms with Crippen LogP contribution >= 0.6 is 0 Å². The summed E-state index contributed by atoms with van der Waals surface area (Å²) in [5, 5.41) is 0. The zero-order chi connectivity index (χ0) is 13.6. The summed E-state index contributed by atoms with van der Waals surface area (Å²) in [6.07, 6.45) is -3.91. The monoisotopic (exact) mass is 267 g/mol. The van der Waals surface area contributed by atoms with E-state index in [9.17, 15) is 17.6 Å². The van der Waals surface area contributed by atoms with Crippen molar-refractivity contribution in [3.05, 3.63) is 29.6 Å². The van der Waals surface area contributed by atoms with Crippen molar-refractivity contribution in [3.63, 3.8) is 0 Å². The van der Waals surface area contributed by atoms with Gasteiger partial charge in [0.15, 0.2) is 18.4 Å². The molecule has 0 saturated carbocycles. The van der Waals surface area contributed by atoms with E-state index in [1.54, 1.807) is 6.07 Å². The summed E-state index contributed by atoms with van der Waals surface area (Å²) in [6, 6.07) is 4.15. The maximum absolute atomic E-state index is 13.4. The van der Waals surface area contributed by atoms with E-state index in [2.05, 4.69) is 4.74 Å². The molecule has 0 aliphatic heterocycles. The van der Waals surface area contributed by atoms with Gasteiger partial charge >= 0.3 is 6.18 Å².